The van der Waals surface area contributed by atoms with Crippen LogP contribution in [0.3, 0.4) is 0 Å². The molecule has 0 aliphatic carbocycles. The van der Waals surface area contributed by atoms with Gasteiger partial charge in [0.25, 0.3) is 0 Å². The molecule has 0 amide bonds. The first kappa shape index (κ1) is 12.9. The maximum atomic E-state index is 14.0. The SMILES string of the molecule is Fc1ccccc1N1PCCC1c1ccccc1Cl. The largest absolute Gasteiger partial charge is 0.343 e. The molecule has 98 valence electrons. The Morgan fingerprint density at radius 1 is 1.11 bits per heavy atom. The Kier molecular flexibility index (Phi) is 3.72. The molecule has 3 rings (SSSR count). The van der Waals surface area contributed by atoms with E-state index in [4.69, 9.17) is 11.6 Å². The lowest BCUT2D eigenvalue weighted by Crippen LogP contribution is -2.16. The van der Waals surface area contributed by atoms with E-state index in [1.807, 2.05) is 36.4 Å². The van der Waals surface area contributed by atoms with Crippen molar-refractivity contribution in [3.05, 3.63) is 64.9 Å². The van der Waals surface area contributed by atoms with Crippen molar-refractivity contribution >= 4 is 26.0 Å². The van der Waals surface area contributed by atoms with Gasteiger partial charge in [0.1, 0.15) is 5.82 Å². The first-order valence-electron chi connectivity index (χ1n) is 6.29. The molecule has 0 aromatic heterocycles. The van der Waals surface area contributed by atoms with Crippen LogP contribution in [0.25, 0.3) is 0 Å². The minimum Gasteiger partial charge on any atom is -0.343 e. The highest BCUT2D eigenvalue weighted by Gasteiger charge is 2.29. The summed E-state index contributed by atoms with van der Waals surface area (Å²) in [6.07, 6.45) is 2.11. The molecular weight excluding hydrogens is 280 g/mol. The quantitative estimate of drug-likeness (QED) is 0.702. The van der Waals surface area contributed by atoms with Crippen LogP contribution in [0.4, 0.5) is 10.1 Å². The molecule has 2 atom stereocenters. The Balaban J connectivity index is 1.99. The van der Waals surface area contributed by atoms with Crippen molar-refractivity contribution in [3.63, 3.8) is 0 Å². The van der Waals surface area contributed by atoms with Gasteiger partial charge >= 0.3 is 0 Å². The second-order valence-corrected chi connectivity index (χ2v) is 6.26. The van der Waals surface area contributed by atoms with Crippen LogP contribution in [0.2, 0.25) is 5.02 Å². The molecule has 0 bridgehead atoms. The van der Waals surface area contributed by atoms with Gasteiger partial charge in [0.2, 0.25) is 0 Å². The van der Waals surface area contributed by atoms with Crippen molar-refractivity contribution in [1.82, 2.24) is 0 Å². The van der Waals surface area contributed by atoms with Crippen LogP contribution in [0.15, 0.2) is 48.5 Å². The number of rotatable bonds is 2. The van der Waals surface area contributed by atoms with Gasteiger partial charge in [0.15, 0.2) is 0 Å². The van der Waals surface area contributed by atoms with Gasteiger partial charge in [-0.1, -0.05) is 41.9 Å². The molecule has 19 heavy (non-hydrogen) atoms. The molecule has 2 aromatic rings. The zero-order chi connectivity index (χ0) is 13.2. The van der Waals surface area contributed by atoms with Gasteiger partial charge in [-0.3, -0.25) is 0 Å². The molecule has 1 saturated heterocycles. The number of hydrogen-bond donors (Lipinski definition) is 0. The Morgan fingerprint density at radius 3 is 2.63 bits per heavy atom. The van der Waals surface area contributed by atoms with Gasteiger partial charge in [-0.15, -0.1) is 0 Å². The molecule has 0 radical (unpaired) electrons. The summed E-state index contributed by atoms with van der Waals surface area (Å²) in [5, 5.41) is 0.764. The number of hydrogen-bond acceptors (Lipinski definition) is 1. The summed E-state index contributed by atoms with van der Waals surface area (Å²) in [5.41, 5.74) is 1.78. The molecular formula is C15H14ClFNP. The Hall–Kier alpha value is -1.11. The summed E-state index contributed by atoms with van der Waals surface area (Å²) in [6.45, 7) is 0. The van der Waals surface area contributed by atoms with E-state index < -0.39 is 0 Å². The van der Waals surface area contributed by atoms with Crippen LogP contribution < -0.4 is 4.67 Å². The molecule has 1 aliphatic rings. The van der Waals surface area contributed by atoms with Crippen LogP contribution in [0.5, 0.6) is 0 Å². The highest BCUT2D eigenvalue weighted by molar-refractivity contribution is 7.40. The average Bonchev–Trinajstić information content (AvgIpc) is 2.89. The summed E-state index contributed by atoms with van der Waals surface area (Å²) < 4.78 is 16.1. The standard InChI is InChI=1S/C15H14ClFNP/c16-12-6-2-1-5-11(12)14-9-10-19-18(14)15-8-4-3-7-13(15)17/h1-8,14,19H,9-10H2. The van der Waals surface area contributed by atoms with Crippen molar-refractivity contribution in [2.45, 2.75) is 12.5 Å². The smallest absolute Gasteiger partial charge is 0.146 e. The molecule has 4 heteroatoms. The van der Waals surface area contributed by atoms with E-state index in [-0.39, 0.29) is 11.9 Å². The zero-order valence-electron chi connectivity index (χ0n) is 10.3. The van der Waals surface area contributed by atoms with Gasteiger partial charge in [0, 0.05) is 5.02 Å². The minimum absolute atomic E-state index is 0.158. The van der Waals surface area contributed by atoms with E-state index in [0.717, 1.165) is 23.2 Å². The van der Waals surface area contributed by atoms with Gasteiger partial charge in [0.05, 0.1) is 11.7 Å². The fraction of sp³-hybridized carbons (Fsp3) is 0.200. The number of para-hydroxylation sites is 1. The van der Waals surface area contributed by atoms with E-state index in [9.17, 15) is 4.39 Å². The number of anilines is 1. The Bertz CT molecular complexity index is 538. The van der Waals surface area contributed by atoms with E-state index in [2.05, 4.69) is 4.67 Å². The third-order valence-electron chi connectivity index (χ3n) is 3.39. The van der Waals surface area contributed by atoms with Crippen LogP contribution in [-0.4, -0.2) is 6.16 Å². The lowest BCUT2D eigenvalue weighted by atomic mass is 10.0. The predicted molar refractivity (Wildman–Crippen MR) is 80.9 cm³/mol. The second-order valence-electron chi connectivity index (χ2n) is 4.56. The fourth-order valence-corrected chi connectivity index (χ4v) is 4.25. The van der Waals surface area contributed by atoms with E-state index >= 15 is 0 Å². The first-order valence-corrected chi connectivity index (χ1v) is 7.82. The third-order valence-corrected chi connectivity index (χ3v) is 5.14. The Labute approximate surface area is 119 Å². The van der Waals surface area contributed by atoms with Crippen molar-refractivity contribution in [2.24, 2.45) is 0 Å². The zero-order valence-corrected chi connectivity index (χ0v) is 12.1. The van der Waals surface area contributed by atoms with E-state index in [1.165, 1.54) is 6.07 Å². The fourth-order valence-electron chi connectivity index (χ4n) is 2.50. The van der Waals surface area contributed by atoms with E-state index in [1.54, 1.807) is 6.07 Å². The highest BCUT2D eigenvalue weighted by atomic mass is 35.5. The second kappa shape index (κ2) is 5.48. The molecule has 2 aromatic carbocycles. The van der Waals surface area contributed by atoms with Crippen molar-refractivity contribution in [1.29, 1.82) is 0 Å². The van der Waals surface area contributed by atoms with Crippen molar-refractivity contribution < 1.29 is 4.39 Å². The number of halogens is 2. The summed E-state index contributed by atoms with van der Waals surface area (Å²) in [7, 11) is 0.610. The Morgan fingerprint density at radius 2 is 1.84 bits per heavy atom. The van der Waals surface area contributed by atoms with Crippen molar-refractivity contribution in [3.8, 4) is 0 Å². The molecule has 0 saturated carbocycles. The maximum absolute atomic E-state index is 14.0. The summed E-state index contributed by atoms with van der Waals surface area (Å²) in [4.78, 5) is 0. The van der Waals surface area contributed by atoms with Gasteiger partial charge in [-0.05, 0) is 45.1 Å². The minimum atomic E-state index is -0.158. The average molecular weight is 294 g/mol. The summed E-state index contributed by atoms with van der Waals surface area (Å²) >= 11 is 6.28. The molecule has 1 fully saturated rings. The number of nitrogens with zero attached hydrogens (tertiary/aromatic N) is 1. The maximum Gasteiger partial charge on any atom is 0.146 e. The van der Waals surface area contributed by atoms with Crippen LogP contribution >= 0.6 is 20.3 Å². The summed E-state index contributed by atoms with van der Waals surface area (Å²) in [5.74, 6) is -0.158. The molecule has 2 unspecified atom stereocenters. The number of benzene rings is 2. The van der Waals surface area contributed by atoms with Gasteiger partial charge < -0.3 is 4.67 Å². The lowest BCUT2D eigenvalue weighted by Gasteiger charge is -2.27. The highest BCUT2D eigenvalue weighted by Crippen LogP contribution is 2.47. The van der Waals surface area contributed by atoms with Crippen LogP contribution in [0, 0.1) is 5.82 Å². The molecule has 0 spiro atoms. The lowest BCUT2D eigenvalue weighted by molar-refractivity contribution is 0.619. The van der Waals surface area contributed by atoms with E-state index in [0.29, 0.717) is 14.4 Å². The summed E-state index contributed by atoms with van der Waals surface area (Å²) in [6, 6.07) is 15.0. The van der Waals surface area contributed by atoms with Crippen molar-refractivity contribution in [2.75, 3.05) is 10.8 Å². The molecule has 1 heterocycles. The van der Waals surface area contributed by atoms with Gasteiger partial charge in [-0.2, -0.15) is 0 Å². The first-order chi connectivity index (χ1) is 9.27. The van der Waals surface area contributed by atoms with Crippen LogP contribution in [0.1, 0.15) is 18.0 Å². The molecule has 0 N–H and O–H groups in total. The molecule has 1 aliphatic heterocycles. The monoisotopic (exact) mass is 293 g/mol. The third kappa shape index (κ3) is 2.48. The molecule has 1 nitrogen and oxygen atoms in total. The van der Waals surface area contributed by atoms with Crippen LogP contribution in [-0.2, 0) is 0 Å². The predicted octanol–water partition coefficient (Wildman–Crippen LogP) is 5.02. The van der Waals surface area contributed by atoms with Gasteiger partial charge in [-0.25, -0.2) is 4.39 Å². The topological polar surface area (TPSA) is 3.24 Å². The normalized spacial score (nSPS) is 20.1.